The van der Waals surface area contributed by atoms with Gasteiger partial charge in [-0.3, -0.25) is 28.8 Å². The summed E-state index contributed by atoms with van der Waals surface area (Å²) in [6, 6.07) is -1.50. The lowest BCUT2D eigenvalue weighted by molar-refractivity contribution is -0.155. The van der Waals surface area contributed by atoms with Gasteiger partial charge >= 0.3 is 35.9 Å². The lowest BCUT2D eigenvalue weighted by Gasteiger charge is -2.36. The van der Waals surface area contributed by atoms with E-state index in [1.807, 2.05) is 140 Å². The van der Waals surface area contributed by atoms with Gasteiger partial charge in [-0.05, 0) is 116 Å². The summed E-state index contributed by atoms with van der Waals surface area (Å²) in [4.78, 5) is 99.5. The molecule has 0 saturated carbocycles. The number of esters is 4. The van der Waals surface area contributed by atoms with E-state index in [1.165, 1.54) is 0 Å². The third-order valence-electron chi connectivity index (χ3n) is 11.2. The summed E-state index contributed by atoms with van der Waals surface area (Å²) in [6.07, 6.45) is 26.0. The molecule has 0 saturated heterocycles. The van der Waals surface area contributed by atoms with E-state index in [1.54, 1.807) is 55.4 Å². The highest BCUT2D eigenvalue weighted by Crippen LogP contribution is 2.42. The zero-order valence-corrected chi connectivity index (χ0v) is 46.4. The van der Waals surface area contributed by atoms with Crippen molar-refractivity contribution < 1.29 is 57.3 Å². The van der Waals surface area contributed by atoms with Crippen LogP contribution < -0.4 is 21.3 Å². The van der Waals surface area contributed by atoms with Gasteiger partial charge in [0.2, 0.25) is 0 Å². The van der Waals surface area contributed by atoms with Crippen molar-refractivity contribution in [1.82, 2.24) is 21.3 Å². The van der Waals surface area contributed by atoms with Crippen LogP contribution in [0.15, 0.2) is 130 Å². The van der Waals surface area contributed by atoms with Gasteiger partial charge in [0.25, 0.3) is 0 Å². The normalized spacial score (nSPS) is 19.2. The van der Waals surface area contributed by atoms with E-state index in [4.69, 9.17) is 18.9 Å². The van der Waals surface area contributed by atoms with Crippen molar-refractivity contribution in [3.8, 4) is 0 Å². The number of hydrogen-bond donors (Lipinski definition) is 4. The molecule has 0 aromatic rings. The van der Waals surface area contributed by atoms with Gasteiger partial charge in [0, 0.05) is 12.8 Å². The van der Waals surface area contributed by atoms with Crippen LogP contribution in [0, 0.1) is 10.8 Å². The summed E-state index contributed by atoms with van der Waals surface area (Å²) in [6.45, 7) is 27.8. The quantitative estimate of drug-likeness (QED) is 0.0509. The van der Waals surface area contributed by atoms with Gasteiger partial charge in [0.15, 0.2) is 23.8 Å². The van der Waals surface area contributed by atoms with Gasteiger partial charge in [0.1, 0.15) is 37.4 Å². The van der Waals surface area contributed by atoms with E-state index in [-0.39, 0.29) is 37.5 Å². The predicted octanol–water partition coefficient (Wildman–Crippen LogP) is 9.29. The fourth-order valence-corrected chi connectivity index (χ4v) is 7.65. The lowest BCUT2D eigenvalue weighted by Crippen LogP contribution is -2.44. The van der Waals surface area contributed by atoms with E-state index < -0.39 is 83.3 Å². The molecule has 404 valence electrons. The molecular weight excluding hydrogens is 945 g/mol. The zero-order chi connectivity index (χ0) is 56.2. The van der Waals surface area contributed by atoms with Gasteiger partial charge < -0.3 is 40.2 Å². The van der Waals surface area contributed by atoms with Crippen LogP contribution in [-0.2, 0) is 47.7 Å². The molecule has 2 rings (SSSR count). The van der Waals surface area contributed by atoms with E-state index in [0.29, 0.717) is 11.1 Å². The predicted molar refractivity (Wildman–Crippen MR) is 287 cm³/mol. The molecule has 4 N–H and O–H groups in total. The smallest absolute Gasteiger partial charge is 0.326 e. The maximum absolute atomic E-state index is 13.3. The van der Waals surface area contributed by atoms with Gasteiger partial charge in [-0.1, -0.05) is 135 Å². The highest BCUT2D eigenvalue weighted by Gasteiger charge is 2.41. The van der Waals surface area contributed by atoms with Crippen molar-refractivity contribution in [3.05, 3.63) is 130 Å². The third kappa shape index (κ3) is 23.6. The second kappa shape index (κ2) is 28.4. The molecule has 16 heteroatoms. The van der Waals surface area contributed by atoms with Gasteiger partial charge in [0.05, 0.1) is 0 Å². The summed E-state index contributed by atoms with van der Waals surface area (Å²) in [5.41, 5.74) is 4.30. The van der Waals surface area contributed by atoms with Gasteiger partial charge in [-0.25, -0.2) is 9.59 Å². The van der Waals surface area contributed by atoms with Crippen LogP contribution in [0.4, 0.5) is 9.59 Å². The summed E-state index contributed by atoms with van der Waals surface area (Å²) in [7, 11) is 0. The van der Waals surface area contributed by atoms with Crippen molar-refractivity contribution in [2.45, 2.75) is 147 Å². The number of carbonyl (C=O) groups is 8. The van der Waals surface area contributed by atoms with Gasteiger partial charge in [-0.15, -0.1) is 0 Å². The number of ketones is 2. The number of hydrogen-bond acceptors (Lipinski definition) is 12. The largest absolute Gasteiger partial charge is 0.459 e. The highest BCUT2D eigenvalue weighted by atomic mass is 16.6. The van der Waals surface area contributed by atoms with Crippen molar-refractivity contribution in [2.75, 3.05) is 26.2 Å². The number of urea groups is 2. The lowest BCUT2D eigenvalue weighted by atomic mass is 9.71. The fourth-order valence-electron chi connectivity index (χ4n) is 7.65. The first-order valence-electron chi connectivity index (χ1n) is 24.6. The monoisotopic (exact) mass is 1020 g/mol. The maximum Gasteiger partial charge on any atom is 0.326 e. The molecule has 2 unspecified atom stereocenters. The molecule has 16 nitrogen and oxygen atoms in total. The number of carbonyl (C=O) groups excluding carboxylic acids is 8. The van der Waals surface area contributed by atoms with Crippen LogP contribution in [-0.4, -0.2) is 97.1 Å². The molecule has 0 aromatic carbocycles. The number of rotatable bonds is 20. The summed E-state index contributed by atoms with van der Waals surface area (Å²) in [5.74, 6) is -3.39. The molecule has 0 spiro atoms. The Morgan fingerprint density at radius 2 is 0.770 bits per heavy atom. The Morgan fingerprint density at radius 3 is 1.08 bits per heavy atom. The van der Waals surface area contributed by atoms with Gasteiger partial charge in [-0.2, -0.15) is 0 Å². The molecular formula is C58H80N4O12. The van der Waals surface area contributed by atoms with Crippen LogP contribution in [0.2, 0.25) is 0 Å². The van der Waals surface area contributed by atoms with Crippen molar-refractivity contribution in [3.63, 3.8) is 0 Å². The Morgan fingerprint density at radius 1 is 0.486 bits per heavy atom. The van der Waals surface area contributed by atoms with Crippen LogP contribution in [0.3, 0.4) is 0 Å². The molecule has 74 heavy (non-hydrogen) atoms. The number of nitrogens with one attached hydrogen (secondary N) is 4. The summed E-state index contributed by atoms with van der Waals surface area (Å²) < 4.78 is 21.2. The second-order valence-corrected chi connectivity index (χ2v) is 21.6. The number of amides is 4. The Bertz CT molecular complexity index is 2320. The topological polar surface area (TPSA) is 222 Å². The van der Waals surface area contributed by atoms with Crippen molar-refractivity contribution >= 4 is 47.5 Å². The number of allylic oxidation sites excluding steroid dienone is 20. The fraction of sp³-hybridized carbons (Fsp3) is 0.483. The van der Waals surface area contributed by atoms with Crippen molar-refractivity contribution in [1.29, 1.82) is 0 Å². The first kappa shape index (κ1) is 63.0. The minimum absolute atomic E-state index is 0.267. The van der Waals surface area contributed by atoms with Crippen LogP contribution in [0.1, 0.15) is 124 Å². The molecule has 0 heterocycles. The Labute approximate surface area is 438 Å². The standard InChI is InChI=1S/C58H80N4O12/c1-37(23-19-25-39(3)27-29-43-41(5)51(67)45(31-57(43,13)14)71-47(63)33-59-53(69)61-35-49(65)73-55(7,8)9)21-17-18-22-38(2)24-20-26-40(4)28-30-44-42(6)52(68)46(32-58(44,15)16)72-48(64)34-60-54(70)62-36-50(66)74-56(10,11)12/h17-30,45-46H,31-36H2,1-16H3,(H2,59,61,69)(H2,60,62,70). The molecule has 2 atom stereocenters. The molecule has 2 aliphatic rings. The first-order valence-corrected chi connectivity index (χ1v) is 24.6. The first-order chi connectivity index (χ1) is 34.2. The number of ether oxygens (including phenoxy) is 4. The molecule has 0 aromatic heterocycles. The molecule has 0 radical (unpaired) electrons. The Hall–Kier alpha value is -7.10. The highest BCUT2D eigenvalue weighted by molar-refractivity contribution is 6.02. The van der Waals surface area contributed by atoms with Crippen LogP contribution in [0.25, 0.3) is 0 Å². The van der Waals surface area contributed by atoms with Crippen LogP contribution >= 0.6 is 0 Å². The average molecular weight is 1030 g/mol. The molecule has 0 bridgehead atoms. The average Bonchev–Trinajstić information content (AvgIpc) is 3.27. The van der Waals surface area contributed by atoms with Crippen molar-refractivity contribution in [2.24, 2.45) is 10.8 Å². The second-order valence-electron chi connectivity index (χ2n) is 21.6. The maximum atomic E-state index is 13.3. The minimum atomic E-state index is -0.997. The molecule has 4 amide bonds. The summed E-state index contributed by atoms with van der Waals surface area (Å²) in [5, 5.41) is 9.32. The SMILES string of the molecule is CC(C=CC=C(C)C=CC1=C(C)C(=O)C(OC(=O)CNC(=O)NCC(=O)OC(C)(C)C)CC1(C)C)=CC=CC=C(C)C=CC=C(C)C=CC1=C(C)C(=O)C(OC(=O)CNC(=O)NCC(=O)OC(C)(C)C)CC1(C)C. The molecule has 0 aliphatic heterocycles. The molecule has 2 aliphatic carbocycles. The number of Topliss-reactive ketones (excluding diaryl/α,β-unsaturated/α-hetero) is 2. The van der Waals surface area contributed by atoms with E-state index in [2.05, 4.69) is 21.3 Å². The molecule has 0 fully saturated rings. The Balaban J connectivity index is 1.91. The van der Waals surface area contributed by atoms with E-state index in [0.717, 1.165) is 33.4 Å². The zero-order valence-electron chi connectivity index (χ0n) is 46.4. The Kier molecular flexibility index (Phi) is 24.2. The summed E-state index contributed by atoms with van der Waals surface area (Å²) >= 11 is 0. The minimum Gasteiger partial charge on any atom is -0.459 e. The van der Waals surface area contributed by atoms with E-state index >= 15 is 0 Å². The van der Waals surface area contributed by atoms with E-state index in [9.17, 15) is 38.4 Å². The third-order valence-corrected chi connectivity index (χ3v) is 11.2. The van der Waals surface area contributed by atoms with Crippen LogP contribution in [0.5, 0.6) is 0 Å².